The molecule has 0 bridgehead atoms. The summed E-state index contributed by atoms with van der Waals surface area (Å²) in [6.45, 7) is 1.48. The predicted octanol–water partition coefficient (Wildman–Crippen LogP) is 0.444. The van der Waals surface area contributed by atoms with E-state index in [0.717, 1.165) is 6.20 Å². The van der Waals surface area contributed by atoms with Crippen LogP contribution in [0, 0.1) is 6.92 Å². The number of halogens is 1. The van der Waals surface area contributed by atoms with E-state index in [1.807, 2.05) is 0 Å². The number of aliphatic carboxylic acids is 1. The molecule has 0 aliphatic heterocycles. The molecule has 2 heterocycles. The zero-order valence-corrected chi connectivity index (χ0v) is 11.9. The van der Waals surface area contributed by atoms with Crippen molar-refractivity contribution in [3.05, 3.63) is 23.1 Å². The maximum atomic E-state index is 11.9. The number of fused-ring (bicyclic) bond motifs is 1. The van der Waals surface area contributed by atoms with Gasteiger partial charge in [0.25, 0.3) is 0 Å². The summed E-state index contributed by atoms with van der Waals surface area (Å²) >= 11 is 5.95. The standard InChI is InChI=1S/C10H11ClN4O4S/c1-6-9(11)10-12-4-7(5-15(10)14-6)20(18,19)13-3-2-8(16)17/h4-5,13H,2-3H2,1H3,(H,16,17). The first-order valence-electron chi connectivity index (χ1n) is 5.53. The number of aryl methyl sites for hydroxylation is 1. The second kappa shape index (κ2) is 5.35. The Morgan fingerprint density at radius 2 is 2.25 bits per heavy atom. The van der Waals surface area contributed by atoms with Crippen molar-refractivity contribution in [2.75, 3.05) is 6.54 Å². The van der Waals surface area contributed by atoms with Gasteiger partial charge in [0, 0.05) is 6.54 Å². The van der Waals surface area contributed by atoms with Gasteiger partial charge in [-0.05, 0) is 6.92 Å². The van der Waals surface area contributed by atoms with Crippen molar-refractivity contribution < 1.29 is 18.3 Å². The van der Waals surface area contributed by atoms with Crippen LogP contribution in [0.15, 0.2) is 17.3 Å². The minimum atomic E-state index is -3.83. The molecule has 0 atom stereocenters. The third kappa shape index (κ3) is 2.89. The number of sulfonamides is 1. The smallest absolute Gasteiger partial charge is 0.304 e. The zero-order chi connectivity index (χ0) is 14.9. The summed E-state index contributed by atoms with van der Waals surface area (Å²) in [5, 5.41) is 12.9. The van der Waals surface area contributed by atoms with Gasteiger partial charge < -0.3 is 5.11 Å². The van der Waals surface area contributed by atoms with Crippen molar-refractivity contribution in [2.24, 2.45) is 0 Å². The molecule has 2 N–H and O–H groups in total. The second-order valence-corrected chi connectivity index (χ2v) is 6.14. The number of nitrogens with one attached hydrogen (secondary N) is 1. The lowest BCUT2D eigenvalue weighted by Gasteiger charge is -2.05. The maximum Gasteiger partial charge on any atom is 0.304 e. The van der Waals surface area contributed by atoms with Gasteiger partial charge in [-0.15, -0.1) is 0 Å². The second-order valence-electron chi connectivity index (χ2n) is 4.00. The van der Waals surface area contributed by atoms with E-state index in [0.29, 0.717) is 16.4 Å². The summed E-state index contributed by atoms with van der Waals surface area (Å²) in [4.78, 5) is 14.2. The van der Waals surface area contributed by atoms with Gasteiger partial charge >= 0.3 is 5.97 Å². The van der Waals surface area contributed by atoms with Crippen LogP contribution >= 0.6 is 11.6 Å². The molecule has 0 aromatic carbocycles. The van der Waals surface area contributed by atoms with E-state index in [4.69, 9.17) is 16.7 Å². The highest BCUT2D eigenvalue weighted by Crippen LogP contribution is 2.20. The number of nitrogens with zero attached hydrogens (tertiary/aromatic N) is 3. The molecule has 0 spiro atoms. The molecule has 0 saturated carbocycles. The van der Waals surface area contributed by atoms with Crippen molar-refractivity contribution in [1.82, 2.24) is 19.3 Å². The monoisotopic (exact) mass is 318 g/mol. The Morgan fingerprint density at radius 3 is 2.90 bits per heavy atom. The maximum absolute atomic E-state index is 11.9. The van der Waals surface area contributed by atoms with Crippen LogP contribution in [0.5, 0.6) is 0 Å². The van der Waals surface area contributed by atoms with Gasteiger partial charge in [0.05, 0.1) is 24.5 Å². The van der Waals surface area contributed by atoms with Crippen LogP contribution in [0.3, 0.4) is 0 Å². The molecule has 20 heavy (non-hydrogen) atoms. The van der Waals surface area contributed by atoms with Crippen LogP contribution in [0.1, 0.15) is 12.1 Å². The normalized spacial score (nSPS) is 11.9. The average Bonchev–Trinajstić information content (AvgIpc) is 2.64. The first-order chi connectivity index (χ1) is 9.31. The molecule has 0 aliphatic rings. The third-order valence-electron chi connectivity index (χ3n) is 2.49. The Bertz CT molecular complexity index is 771. The number of hydrogen-bond acceptors (Lipinski definition) is 5. The SMILES string of the molecule is Cc1nn2cc(S(=O)(=O)NCCC(=O)O)cnc2c1Cl. The first-order valence-corrected chi connectivity index (χ1v) is 7.39. The molecule has 0 aliphatic carbocycles. The molecule has 0 radical (unpaired) electrons. The summed E-state index contributed by atoms with van der Waals surface area (Å²) in [7, 11) is -3.83. The Kier molecular flexibility index (Phi) is 3.93. The van der Waals surface area contributed by atoms with Gasteiger partial charge in [-0.2, -0.15) is 5.10 Å². The van der Waals surface area contributed by atoms with Gasteiger partial charge in [0.1, 0.15) is 9.92 Å². The van der Waals surface area contributed by atoms with E-state index in [2.05, 4.69) is 14.8 Å². The van der Waals surface area contributed by atoms with Crippen LogP contribution < -0.4 is 4.72 Å². The van der Waals surface area contributed by atoms with E-state index in [-0.39, 0.29) is 17.9 Å². The summed E-state index contributed by atoms with van der Waals surface area (Å²) in [6, 6.07) is 0. The minimum absolute atomic E-state index is 0.116. The Labute approximate surface area is 119 Å². The van der Waals surface area contributed by atoms with Crippen LogP contribution in [-0.4, -0.2) is 40.6 Å². The van der Waals surface area contributed by atoms with Crippen LogP contribution in [0.4, 0.5) is 0 Å². The lowest BCUT2D eigenvalue weighted by molar-refractivity contribution is -0.136. The number of carboxylic acid groups (broad SMARTS) is 1. The van der Waals surface area contributed by atoms with E-state index < -0.39 is 16.0 Å². The van der Waals surface area contributed by atoms with Crippen molar-refractivity contribution in [3.63, 3.8) is 0 Å². The summed E-state index contributed by atoms with van der Waals surface area (Å²) < 4.78 is 27.3. The average molecular weight is 319 g/mol. The lowest BCUT2D eigenvalue weighted by Crippen LogP contribution is -2.26. The number of carboxylic acids is 1. The molecule has 108 valence electrons. The fraction of sp³-hybridized carbons (Fsp3) is 0.300. The van der Waals surface area contributed by atoms with Gasteiger partial charge in [-0.1, -0.05) is 11.6 Å². The first kappa shape index (κ1) is 14.7. The zero-order valence-electron chi connectivity index (χ0n) is 10.4. The van der Waals surface area contributed by atoms with E-state index in [1.54, 1.807) is 6.92 Å². The number of rotatable bonds is 5. The third-order valence-corrected chi connectivity index (χ3v) is 4.35. The molecule has 10 heteroatoms. The highest BCUT2D eigenvalue weighted by molar-refractivity contribution is 7.89. The lowest BCUT2D eigenvalue weighted by atomic mass is 10.5. The van der Waals surface area contributed by atoms with Crippen LogP contribution in [-0.2, 0) is 14.8 Å². The van der Waals surface area contributed by atoms with Crippen molar-refractivity contribution in [3.8, 4) is 0 Å². The molecule has 2 aromatic rings. The molecular weight excluding hydrogens is 308 g/mol. The molecule has 2 rings (SSSR count). The van der Waals surface area contributed by atoms with Crippen LogP contribution in [0.2, 0.25) is 5.02 Å². The molecule has 2 aromatic heterocycles. The number of aromatic nitrogens is 3. The quantitative estimate of drug-likeness (QED) is 0.827. The summed E-state index contributed by atoms with van der Waals surface area (Å²) in [5.41, 5.74) is 0.890. The minimum Gasteiger partial charge on any atom is -0.481 e. The fourth-order valence-electron chi connectivity index (χ4n) is 1.51. The molecular formula is C10H11ClN4O4S. The number of carbonyl (C=O) groups is 1. The summed E-state index contributed by atoms with van der Waals surface area (Å²) in [5.74, 6) is -1.09. The molecule has 0 unspecified atom stereocenters. The van der Waals surface area contributed by atoms with Crippen molar-refractivity contribution >= 4 is 33.2 Å². The molecule has 0 fully saturated rings. The van der Waals surface area contributed by atoms with E-state index in [1.165, 1.54) is 10.7 Å². The van der Waals surface area contributed by atoms with E-state index in [9.17, 15) is 13.2 Å². The largest absolute Gasteiger partial charge is 0.481 e. The van der Waals surface area contributed by atoms with Crippen LogP contribution in [0.25, 0.3) is 5.65 Å². The highest BCUT2D eigenvalue weighted by atomic mass is 35.5. The van der Waals surface area contributed by atoms with Crippen molar-refractivity contribution in [1.29, 1.82) is 0 Å². The van der Waals surface area contributed by atoms with Gasteiger partial charge in [-0.3, -0.25) is 4.79 Å². The van der Waals surface area contributed by atoms with Gasteiger partial charge in [-0.25, -0.2) is 22.6 Å². The number of hydrogen-bond donors (Lipinski definition) is 2. The Morgan fingerprint density at radius 1 is 1.55 bits per heavy atom. The van der Waals surface area contributed by atoms with Gasteiger partial charge in [0.15, 0.2) is 5.65 Å². The highest BCUT2D eigenvalue weighted by Gasteiger charge is 2.17. The summed E-state index contributed by atoms with van der Waals surface area (Å²) in [6.07, 6.45) is 2.11. The van der Waals surface area contributed by atoms with Gasteiger partial charge in [0.2, 0.25) is 10.0 Å². The van der Waals surface area contributed by atoms with E-state index >= 15 is 0 Å². The Balaban J connectivity index is 2.30. The molecule has 0 amide bonds. The Hall–Kier alpha value is -1.71. The molecule has 8 nitrogen and oxygen atoms in total. The topological polar surface area (TPSA) is 114 Å². The van der Waals surface area contributed by atoms with Crippen molar-refractivity contribution in [2.45, 2.75) is 18.2 Å². The molecule has 0 saturated heterocycles. The predicted molar refractivity (Wildman–Crippen MR) is 70.2 cm³/mol. The fourth-order valence-corrected chi connectivity index (χ4v) is 2.65.